The van der Waals surface area contributed by atoms with Crippen molar-refractivity contribution >= 4 is 33.6 Å². The lowest BCUT2D eigenvalue weighted by Gasteiger charge is -2.17. The van der Waals surface area contributed by atoms with E-state index >= 15 is 0 Å². The number of aromatic hydroxyl groups is 1. The molecule has 0 aliphatic rings. The molecule has 1 amide bonds. The summed E-state index contributed by atoms with van der Waals surface area (Å²) in [5.74, 6) is 3.90. The Labute approximate surface area is 169 Å². The first-order valence-corrected chi connectivity index (χ1v) is 9.96. The Morgan fingerprint density at radius 3 is 2.55 bits per heavy atom. The molecule has 1 aromatic heterocycles. The molecule has 0 radical (unpaired) electrons. The predicted octanol–water partition coefficient (Wildman–Crippen LogP) is 2.53. The van der Waals surface area contributed by atoms with E-state index in [9.17, 15) is 18.9 Å². The number of benzene rings is 2. The minimum atomic E-state index is -2.00. The van der Waals surface area contributed by atoms with Crippen LogP contribution in [0, 0.1) is 5.92 Å². The normalized spacial score (nSPS) is 12.3. The average Bonchev–Trinajstić information content (AvgIpc) is 2.71. The summed E-state index contributed by atoms with van der Waals surface area (Å²) in [6.45, 7) is 4.28. The van der Waals surface area contributed by atoms with Crippen LogP contribution in [0.2, 0.25) is 0 Å². The number of fused-ring (bicyclic) bond motifs is 1. The Balaban J connectivity index is 2.14. The molecule has 0 aliphatic carbocycles. The number of nitrogens with two attached hydrogens (primary N) is 1. The summed E-state index contributed by atoms with van der Waals surface area (Å²) >= 11 is -2.00. The van der Waals surface area contributed by atoms with Crippen molar-refractivity contribution in [3.05, 3.63) is 64.4 Å². The molecular formula is C20H21N3O5S. The van der Waals surface area contributed by atoms with Gasteiger partial charge in [-0.25, -0.2) is 4.21 Å². The number of nitrogens with one attached hydrogen (secondary N) is 1. The Morgan fingerprint density at radius 2 is 1.86 bits per heavy atom. The van der Waals surface area contributed by atoms with Crippen molar-refractivity contribution in [3.8, 4) is 5.75 Å². The summed E-state index contributed by atoms with van der Waals surface area (Å²) in [7, 11) is 0. The number of amides is 1. The minimum Gasteiger partial charge on any atom is -0.506 e. The van der Waals surface area contributed by atoms with Gasteiger partial charge >= 0.3 is 0 Å². The zero-order valence-electron chi connectivity index (χ0n) is 15.9. The highest BCUT2D eigenvalue weighted by Gasteiger charge is 2.23. The second-order valence-corrected chi connectivity index (χ2v) is 7.93. The van der Waals surface area contributed by atoms with Gasteiger partial charge in [0, 0.05) is 11.9 Å². The lowest BCUT2D eigenvalue weighted by atomic mass is 10.1. The highest BCUT2D eigenvalue weighted by atomic mass is 32.2. The van der Waals surface area contributed by atoms with Crippen LogP contribution in [0.4, 0.5) is 5.69 Å². The fourth-order valence-corrected chi connectivity index (χ4v) is 3.68. The summed E-state index contributed by atoms with van der Waals surface area (Å²) in [4.78, 5) is 26.2. The molecule has 2 aromatic carbocycles. The summed E-state index contributed by atoms with van der Waals surface area (Å²) < 4.78 is 17.7. The van der Waals surface area contributed by atoms with E-state index in [0.717, 1.165) is 0 Å². The number of carbonyl (C=O) groups is 1. The van der Waals surface area contributed by atoms with Gasteiger partial charge in [-0.05, 0) is 30.2 Å². The molecule has 4 N–H and O–H groups in total. The number of aromatic nitrogens is 1. The van der Waals surface area contributed by atoms with E-state index in [2.05, 4.69) is 9.60 Å². The Hall–Kier alpha value is -3.01. The Kier molecular flexibility index (Phi) is 6.12. The Bertz CT molecular complexity index is 1160. The third kappa shape index (κ3) is 4.07. The standard InChI is InChI=1S/C20H21N3O5S/c1-12(2)11-23-15-9-5-3-7-13(15)18(24)17(20(23)26)19(25)22-14-8-4-6-10-16(14)29(27)28-21/h3-10,12,24H,11,21H2,1-2H3,(H,22,25). The molecule has 3 aromatic rings. The molecule has 29 heavy (non-hydrogen) atoms. The molecule has 9 heteroatoms. The van der Waals surface area contributed by atoms with E-state index in [4.69, 9.17) is 5.90 Å². The summed E-state index contributed by atoms with van der Waals surface area (Å²) in [6.07, 6.45) is 0. The number of carbonyl (C=O) groups excluding carboxylic acids is 1. The van der Waals surface area contributed by atoms with Crippen LogP contribution < -0.4 is 16.8 Å². The number of para-hydroxylation sites is 2. The molecule has 8 nitrogen and oxygen atoms in total. The van der Waals surface area contributed by atoms with Crippen LogP contribution in [0.25, 0.3) is 10.9 Å². The second kappa shape index (κ2) is 8.56. The third-order valence-corrected chi connectivity index (χ3v) is 5.21. The number of nitrogens with zero attached hydrogens (tertiary/aromatic N) is 1. The summed E-state index contributed by atoms with van der Waals surface area (Å²) in [5.41, 5.74) is -0.304. The lowest BCUT2D eigenvalue weighted by Crippen LogP contribution is -2.31. The summed E-state index contributed by atoms with van der Waals surface area (Å²) in [6, 6.07) is 13.0. The van der Waals surface area contributed by atoms with Crippen molar-refractivity contribution < 1.29 is 18.4 Å². The second-order valence-electron chi connectivity index (χ2n) is 6.83. The molecule has 0 spiro atoms. The molecule has 0 aliphatic heterocycles. The van der Waals surface area contributed by atoms with Gasteiger partial charge in [0.15, 0.2) is 0 Å². The lowest BCUT2D eigenvalue weighted by molar-refractivity contribution is 0.102. The van der Waals surface area contributed by atoms with E-state index in [0.29, 0.717) is 17.4 Å². The molecule has 3 rings (SSSR count). The average molecular weight is 415 g/mol. The summed E-state index contributed by atoms with van der Waals surface area (Å²) in [5, 5.41) is 13.6. The fourth-order valence-electron chi connectivity index (χ4n) is 3.09. The van der Waals surface area contributed by atoms with Gasteiger partial charge in [0.25, 0.3) is 11.5 Å². The zero-order chi connectivity index (χ0) is 21.1. The van der Waals surface area contributed by atoms with Gasteiger partial charge in [-0.15, -0.1) is 0 Å². The van der Waals surface area contributed by atoms with Crippen LogP contribution in [-0.2, 0) is 21.9 Å². The number of anilines is 1. The monoisotopic (exact) mass is 415 g/mol. The largest absolute Gasteiger partial charge is 0.506 e. The smallest absolute Gasteiger partial charge is 0.267 e. The molecule has 0 bridgehead atoms. The molecule has 0 fully saturated rings. The van der Waals surface area contributed by atoms with Gasteiger partial charge < -0.3 is 15.0 Å². The van der Waals surface area contributed by atoms with Crippen molar-refractivity contribution in [2.45, 2.75) is 25.3 Å². The van der Waals surface area contributed by atoms with Crippen molar-refractivity contribution in [2.75, 3.05) is 5.32 Å². The van der Waals surface area contributed by atoms with Crippen LogP contribution >= 0.6 is 0 Å². The van der Waals surface area contributed by atoms with Crippen molar-refractivity contribution in [3.63, 3.8) is 0 Å². The molecule has 152 valence electrons. The maximum Gasteiger partial charge on any atom is 0.267 e. The molecular weight excluding hydrogens is 394 g/mol. The number of rotatable bonds is 6. The van der Waals surface area contributed by atoms with Crippen LogP contribution in [0.1, 0.15) is 24.2 Å². The Morgan fingerprint density at radius 1 is 1.21 bits per heavy atom. The molecule has 0 saturated heterocycles. The molecule has 0 saturated carbocycles. The van der Waals surface area contributed by atoms with E-state index < -0.39 is 33.9 Å². The van der Waals surface area contributed by atoms with Crippen LogP contribution in [0.5, 0.6) is 5.75 Å². The highest BCUT2D eigenvalue weighted by Crippen LogP contribution is 2.28. The van der Waals surface area contributed by atoms with Gasteiger partial charge in [0.2, 0.25) is 11.1 Å². The zero-order valence-corrected chi connectivity index (χ0v) is 16.7. The predicted molar refractivity (Wildman–Crippen MR) is 111 cm³/mol. The topological polar surface area (TPSA) is 124 Å². The first kappa shape index (κ1) is 20.7. The minimum absolute atomic E-state index is 0.131. The van der Waals surface area contributed by atoms with Crippen LogP contribution in [0.15, 0.2) is 58.2 Å². The molecule has 1 heterocycles. The van der Waals surface area contributed by atoms with E-state index in [1.165, 1.54) is 16.7 Å². The SMILES string of the molecule is CC(C)Cn1c(=O)c(C(=O)Nc2ccccc2S(=O)ON)c(O)c2ccccc21. The van der Waals surface area contributed by atoms with Gasteiger partial charge in [0.1, 0.15) is 11.3 Å². The quantitative estimate of drug-likeness (QED) is 0.532. The number of hydrogen-bond donors (Lipinski definition) is 3. The fraction of sp³-hybridized carbons (Fsp3) is 0.200. The first-order chi connectivity index (χ1) is 13.8. The number of hydrogen-bond acceptors (Lipinski definition) is 6. The highest BCUT2D eigenvalue weighted by molar-refractivity contribution is 7.80. The third-order valence-electron chi connectivity index (χ3n) is 4.32. The molecule has 1 atom stereocenters. The number of pyridine rings is 1. The first-order valence-electron chi connectivity index (χ1n) is 8.89. The van der Waals surface area contributed by atoms with Crippen molar-refractivity contribution in [2.24, 2.45) is 11.8 Å². The van der Waals surface area contributed by atoms with Crippen molar-refractivity contribution in [1.29, 1.82) is 0 Å². The molecule has 1 unspecified atom stereocenters. The van der Waals surface area contributed by atoms with Crippen LogP contribution in [-0.4, -0.2) is 19.8 Å². The van der Waals surface area contributed by atoms with Gasteiger partial charge in [-0.1, -0.05) is 38.1 Å². The van der Waals surface area contributed by atoms with Gasteiger partial charge in [-0.2, -0.15) is 10.2 Å². The maximum atomic E-state index is 13.1. The maximum absolute atomic E-state index is 13.1. The van der Waals surface area contributed by atoms with E-state index in [-0.39, 0.29) is 16.5 Å². The van der Waals surface area contributed by atoms with Gasteiger partial charge in [-0.3, -0.25) is 9.59 Å². The van der Waals surface area contributed by atoms with Crippen LogP contribution in [0.3, 0.4) is 0 Å². The van der Waals surface area contributed by atoms with E-state index in [1.807, 2.05) is 13.8 Å². The van der Waals surface area contributed by atoms with Gasteiger partial charge in [0.05, 0.1) is 16.1 Å². The van der Waals surface area contributed by atoms with E-state index in [1.54, 1.807) is 36.4 Å². The van der Waals surface area contributed by atoms with Crippen molar-refractivity contribution in [1.82, 2.24) is 4.57 Å².